The van der Waals surface area contributed by atoms with Gasteiger partial charge < -0.3 is 14.7 Å². The fourth-order valence-electron chi connectivity index (χ4n) is 3.05. The molecule has 1 aliphatic carbocycles. The van der Waals surface area contributed by atoms with Gasteiger partial charge in [-0.2, -0.15) is 0 Å². The van der Waals surface area contributed by atoms with E-state index in [-0.39, 0.29) is 0 Å². The van der Waals surface area contributed by atoms with E-state index in [2.05, 4.69) is 10.1 Å². The molecule has 0 spiro atoms. The molecule has 0 saturated carbocycles. The maximum absolute atomic E-state index is 11.0. The molecule has 106 valence electrons. The summed E-state index contributed by atoms with van der Waals surface area (Å²) in [6.45, 7) is 5.82. The third-order valence-electron chi connectivity index (χ3n) is 4.08. The van der Waals surface area contributed by atoms with Crippen LogP contribution in [0.1, 0.15) is 49.0 Å². The lowest BCUT2D eigenvalue weighted by Crippen LogP contribution is -2.44. The summed E-state index contributed by atoms with van der Waals surface area (Å²) in [5.74, 6) is 0.634. The number of nitrogens with zero attached hydrogens (tertiary/aromatic N) is 2. The van der Waals surface area contributed by atoms with Gasteiger partial charge in [-0.05, 0) is 19.4 Å². The van der Waals surface area contributed by atoms with Gasteiger partial charge in [0.1, 0.15) is 17.5 Å². The van der Waals surface area contributed by atoms with Crippen LogP contribution in [0.5, 0.6) is 0 Å². The van der Waals surface area contributed by atoms with Crippen molar-refractivity contribution < 1.29 is 14.7 Å². The van der Waals surface area contributed by atoms with E-state index in [1.54, 1.807) is 12.3 Å². The van der Waals surface area contributed by atoms with E-state index < -0.39 is 17.1 Å². The lowest BCUT2D eigenvalue weighted by atomic mass is 9.66. The smallest absolute Gasteiger partial charge is 0.148 e. The Labute approximate surface area is 117 Å². The summed E-state index contributed by atoms with van der Waals surface area (Å²) in [5, 5.41) is 25.4. The van der Waals surface area contributed by atoms with Gasteiger partial charge in [0.15, 0.2) is 0 Å². The first kappa shape index (κ1) is 13.3. The van der Waals surface area contributed by atoms with Crippen LogP contribution < -0.4 is 0 Å². The summed E-state index contributed by atoms with van der Waals surface area (Å²) < 4.78 is 5.25. The zero-order chi connectivity index (χ0) is 14.5. The van der Waals surface area contributed by atoms with Gasteiger partial charge in [-0.15, -0.1) is 0 Å². The highest BCUT2D eigenvalue weighted by Gasteiger charge is 2.51. The molecule has 2 atom stereocenters. The first-order valence-electron chi connectivity index (χ1n) is 6.63. The molecule has 2 aromatic heterocycles. The van der Waals surface area contributed by atoms with Gasteiger partial charge in [0.25, 0.3) is 0 Å². The zero-order valence-electron chi connectivity index (χ0n) is 11.8. The molecule has 0 aliphatic heterocycles. The first-order chi connectivity index (χ1) is 9.34. The second kappa shape index (κ2) is 4.14. The molecule has 0 bridgehead atoms. The van der Waals surface area contributed by atoms with Gasteiger partial charge in [-0.25, -0.2) is 0 Å². The van der Waals surface area contributed by atoms with Crippen molar-refractivity contribution in [2.75, 3.05) is 0 Å². The highest BCUT2D eigenvalue weighted by molar-refractivity contribution is 5.36. The van der Waals surface area contributed by atoms with Crippen LogP contribution in [0.3, 0.4) is 0 Å². The Balaban J connectivity index is 2.13. The van der Waals surface area contributed by atoms with Crippen molar-refractivity contribution in [1.82, 2.24) is 10.1 Å². The van der Waals surface area contributed by atoms with Gasteiger partial charge in [0, 0.05) is 28.4 Å². The molecule has 20 heavy (non-hydrogen) atoms. The lowest BCUT2D eigenvalue weighted by Gasteiger charge is -2.43. The monoisotopic (exact) mass is 274 g/mol. The lowest BCUT2D eigenvalue weighted by molar-refractivity contribution is -0.112. The Morgan fingerprint density at radius 1 is 1.30 bits per heavy atom. The largest absolute Gasteiger partial charge is 0.385 e. The third-order valence-corrected chi connectivity index (χ3v) is 4.08. The van der Waals surface area contributed by atoms with E-state index in [0.29, 0.717) is 23.3 Å². The molecule has 2 aromatic rings. The fraction of sp³-hybridized carbons (Fsp3) is 0.467. The van der Waals surface area contributed by atoms with Crippen LogP contribution in [-0.2, 0) is 11.0 Å². The van der Waals surface area contributed by atoms with Gasteiger partial charge in [0.2, 0.25) is 0 Å². The number of aliphatic hydroxyl groups excluding tert-OH is 1. The molecule has 0 saturated heterocycles. The maximum Gasteiger partial charge on any atom is 0.148 e. The average molecular weight is 274 g/mol. The summed E-state index contributed by atoms with van der Waals surface area (Å²) >= 11 is 0. The van der Waals surface area contributed by atoms with Crippen molar-refractivity contribution >= 4 is 0 Å². The van der Waals surface area contributed by atoms with Crippen molar-refractivity contribution in [2.24, 2.45) is 0 Å². The molecule has 0 aromatic carbocycles. The maximum atomic E-state index is 11.0. The molecule has 1 aliphatic rings. The number of aryl methyl sites for hydroxylation is 1. The Kier molecular flexibility index (Phi) is 2.74. The zero-order valence-corrected chi connectivity index (χ0v) is 11.8. The predicted octanol–water partition coefficient (Wildman–Crippen LogP) is 1.98. The fourth-order valence-corrected chi connectivity index (χ4v) is 3.05. The quantitative estimate of drug-likeness (QED) is 0.831. The summed E-state index contributed by atoms with van der Waals surface area (Å²) in [6, 6.07) is 3.64. The standard InChI is InChI=1S/C15H18N2O3/c1-9-4-5-10(6-16-9)15(19)8-14(2,3)13-11(12(15)18)7-17-20-13/h4-7,12,18-19H,8H2,1-3H3. The molecule has 5 heteroatoms. The topological polar surface area (TPSA) is 79.4 Å². The van der Waals surface area contributed by atoms with Gasteiger partial charge >= 0.3 is 0 Å². The summed E-state index contributed by atoms with van der Waals surface area (Å²) in [4.78, 5) is 4.22. The van der Waals surface area contributed by atoms with Gasteiger partial charge in [-0.1, -0.05) is 25.1 Å². The van der Waals surface area contributed by atoms with Crippen LogP contribution in [0.15, 0.2) is 29.0 Å². The number of aromatic nitrogens is 2. The number of pyridine rings is 1. The Hall–Kier alpha value is -1.72. The second-order valence-corrected chi connectivity index (χ2v) is 6.19. The van der Waals surface area contributed by atoms with Crippen LogP contribution >= 0.6 is 0 Å². The average Bonchev–Trinajstić information content (AvgIpc) is 2.87. The third kappa shape index (κ3) is 1.77. The van der Waals surface area contributed by atoms with Gasteiger partial charge in [-0.3, -0.25) is 4.98 Å². The summed E-state index contributed by atoms with van der Waals surface area (Å²) in [5.41, 5.74) is 0.223. The van der Waals surface area contributed by atoms with E-state index in [1.807, 2.05) is 26.8 Å². The second-order valence-electron chi connectivity index (χ2n) is 6.19. The Morgan fingerprint density at radius 2 is 2.05 bits per heavy atom. The van der Waals surface area contributed by atoms with E-state index in [9.17, 15) is 10.2 Å². The molecule has 0 fully saturated rings. The minimum Gasteiger partial charge on any atom is -0.385 e. The van der Waals surface area contributed by atoms with Crippen molar-refractivity contribution in [1.29, 1.82) is 0 Å². The number of hydrogen-bond acceptors (Lipinski definition) is 5. The molecule has 2 heterocycles. The highest BCUT2D eigenvalue weighted by atomic mass is 16.5. The summed E-state index contributed by atoms with van der Waals surface area (Å²) in [6.07, 6.45) is 2.37. The Morgan fingerprint density at radius 3 is 2.70 bits per heavy atom. The SMILES string of the molecule is Cc1ccc(C2(O)CC(C)(C)c3oncc3C2O)cn1. The van der Waals surface area contributed by atoms with Gasteiger partial charge in [0.05, 0.1) is 6.20 Å². The van der Waals surface area contributed by atoms with E-state index in [0.717, 1.165) is 5.69 Å². The molecular formula is C15H18N2O3. The van der Waals surface area contributed by atoms with Crippen LogP contribution in [0, 0.1) is 6.92 Å². The van der Waals surface area contributed by atoms with Crippen molar-refractivity contribution in [2.45, 2.75) is 44.3 Å². The molecule has 0 amide bonds. The molecule has 2 N–H and O–H groups in total. The summed E-state index contributed by atoms with van der Waals surface area (Å²) in [7, 11) is 0. The van der Waals surface area contributed by atoms with E-state index in [4.69, 9.17) is 4.52 Å². The van der Waals surface area contributed by atoms with Crippen molar-refractivity contribution in [3.8, 4) is 0 Å². The minimum atomic E-state index is -1.39. The van der Waals surface area contributed by atoms with Crippen molar-refractivity contribution in [3.63, 3.8) is 0 Å². The van der Waals surface area contributed by atoms with Crippen LogP contribution in [0.2, 0.25) is 0 Å². The number of rotatable bonds is 1. The van der Waals surface area contributed by atoms with Crippen molar-refractivity contribution in [3.05, 3.63) is 47.1 Å². The minimum absolute atomic E-state index is 0.341. The highest BCUT2D eigenvalue weighted by Crippen LogP contribution is 2.51. The number of hydrogen-bond donors (Lipinski definition) is 2. The Bertz CT molecular complexity index is 633. The number of aliphatic hydroxyl groups is 2. The molecular weight excluding hydrogens is 256 g/mol. The molecule has 3 rings (SSSR count). The predicted molar refractivity (Wildman–Crippen MR) is 72.0 cm³/mol. The van der Waals surface area contributed by atoms with Crippen LogP contribution in [0.25, 0.3) is 0 Å². The molecule has 5 nitrogen and oxygen atoms in total. The van der Waals surface area contributed by atoms with Crippen LogP contribution in [0.4, 0.5) is 0 Å². The first-order valence-corrected chi connectivity index (χ1v) is 6.63. The van der Waals surface area contributed by atoms with E-state index in [1.165, 1.54) is 6.20 Å². The molecule has 0 radical (unpaired) electrons. The van der Waals surface area contributed by atoms with Crippen LogP contribution in [-0.4, -0.2) is 20.4 Å². The molecule has 2 unspecified atom stereocenters. The number of fused-ring (bicyclic) bond motifs is 1. The van der Waals surface area contributed by atoms with E-state index >= 15 is 0 Å². The normalized spacial score (nSPS) is 28.1.